The number of carbonyl (C=O) groups is 1. The van der Waals surface area contributed by atoms with Crippen LogP contribution in [0.1, 0.15) is 51.4 Å². The van der Waals surface area contributed by atoms with Crippen LogP contribution in [0.15, 0.2) is 22.7 Å². The van der Waals surface area contributed by atoms with Crippen molar-refractivity contribution < 1.29 is 14.3 Å². The summed E-state index contributed by atoms with van der Waals surface area (Å²) in [7, 11) is 0. The fourth-order valence-corrected chi connectivity index (χ4v) is 3.09. The molecule has 2 rings (SSSR count). The predicted molar refractivity (Wildman–Crippen MR) is 82.4 cm³/mol. The summed E-state index contributed by atoms with van der Waals surface area (Å²) in [5, 5.41) is 0. The van der Waals surface area contributed by atoms with E-state index in [0.29, 0.717) is 11.3 Å². The summed E-state index contributed by atoms with van der Waals surface area (Å²) in [5.74, 6) is 0.623. The van der Waals surface area contributed by atoms with Crippen molar-refractivity contribution in [3.63, 3.8) is 0 Å². The number of Topliss-reactive ketones (excluding diaryl/α,β-unsaturated/α-hetero) is 1. The fourth-order valence-electron chi connectivity index (χ4n) is 2.73. The van der Waals surface area contributed by atoms with E-state index >= 15 is 0 Å². The van der Waals surface area contributed by atoms with Gasteiger partial charge in [-0.1, -0.05) is 15.9 Å². The SMILES string of the molecule is CC(=O)c1cc(Br)ccc1OC1CC(C)(C)OC1(C)C. The molecule has 110 valence electrons. The van der Waals surface area contributed by atoms with Crippen molar-refractivity contribution in [3.8, 4) is 5.75 Å². The Morgan fingerprint density at radius 3 is 2.50 bits per heavy atom. The first-order valence-electron chi connectivity index (χ1n) is 6.78. The Morgan fingerprint density at radius 1 is 1.35 bits per heavy atom. The summed E-state index contributed by atoms with van der Waals surface area (Å²) in [5.41, 5.74) is 0.0183. The molecule has 1 heterocycles. The van der Waals surface area contributed by atoms with Crippen LogP contribution in [0.25, 0.3) is 0 Å². The normalized spacial score (nSPS) is 23.6. The molecule has 20 heavy (non-hydrogen) atoms. The third-order valence-corrected chi connectivity index (χ3v) is 4.08. The van der Waals surface area contributed by atoms with Crippen molar-refractivity contribution >= 4 is 21.7 Å². The molecule has 0 radical (unpaired) electrons. The number of benzene rings is 1. The summed E-state index contributed by atoms with van der Waals surface area (Å²) in [6, 6.07) is 5.52. The Hall–Kier alpha value is -0.870. The number of rotatable bonds is 3. The Kier molecular flexibility index (Phi) is 4.00. The van der Waals surface area contributed by atoms with Crippen molar-refractivity contribution in [2.24, 2.45) is 0 Å². The van der Waals surface area contributed by atoms with E-state index in [0.717, 1.165) is 10.9 Å². The van der Waals surface area contributed by atoms with Crippen LogP contribution in [-0.4, -0.2) is 23.1 Å². The maximum Gasteiger partial charge on any atom is 0.163 e. The van der Waals surface area contributed by atoms with Gasteiger partial charge in [-0.2, -0.15) is 0 Å². The molecular formula is C16H21BrO3. The molecule has 1 aliphatic rings. The summed E-state index contributed by atoms with van der Waals surface area (Å²) < 4.78 is 13.0. The van der Waals surface area contributed by atoms with Crippen molar-refractivity contribution in [1.29, 1.82) is 0 Å². The van der Waals surface area contributed by atoms with Crippen molar-refractivity contribution in [3.05, 3.63) is 28.2 Å². The zero-order chi connectivity index (χ0) is 15.1. The van der Waals surface area contributed by atoms with Gasteiger partial charge in [0, 0.05) is 10.9 Å². The van der Waals surface area contributed by atoms with Crippen molar-refractivity contribution in [1.82, 2.24) is 0 Å². The molecule has 1 aromatic carbocycles. The van der Waals surface area contributed by atoms with Gasteiger partial charge in [-0.3, -0.25) is 4.79 Å². The molecule has 1 saturated heterocycles. The topological polar surface area (TPSA) is 35.5 Å². The van der Waals surface area contributed by atoms with Crippen LogP contribution in [0.5, 0.6) is 5.75 Å². The first-order chi connectivity index (χ1) is 9.11. The van der Waals surface area contributed by atoms with E-state index in [1.54, 1.807) is 13.0 Å². The van der Waals surface area contributed by atoms with Crippen LogP contribution >= 0.6 is 15.9 Å². The van der Waals surface area contributed by atoms with Crippen LogP contribution in [0.2, 0.25) is 0 Å². The molecule has 0 amide bonds. The first kappa shape index (κ1) is 15.5. The standard InChI is InChI=1S/C16H21BrO3/c1-10(18)12-8-11(17)6-7-13(12)19-14-9-15(2,3)20-16(14,4)5/h6-8,14H,9H2,1-5H3. The Bertz CT molecular complexity index is 535. The summed E-state index contributed by atoms with van der Waals surface area (Å²) in [4.78, 5) is 11.7. The zero-order valence-electron chi connectivity index (χ0n) is 12.6. The van der Waals surface area contributed by atoms with Crippen LogP contribution in [0.3, 0.4) is 0 Å². The molecule has 1 fully saturated rings. The number of ether oxygens (including phenoxy) is 2. The first-order valence-corrected chi connectivity index (χ1v) is 7.57. The summed E-state index contributed by atoms with van der Waals surface area (Å²) >= 11 is 3.39. The Labute approximate surface area is 128 Å². The second-order valence-corrected chi connectivity index (χ2v) is 7.39. The fraction of sp³-hybridized carbons (Fsp3) is 0.562. The lowest BCUT2D eigenvalue weighted by molar-refractivity contribution is -0.0846. The van der Waals surface area contributed by atoms with Gasteiger partial charge in [0.1, 0.15) is 17.5 Å². The van der Waals surface area contributed by atoms with Crippen LogP contribution in [-0.2, 0) is 4.74 Å². The monoisotopic (exact) mass is 340 g/mol. The predicted octanol–water partition coefficient (Wildman–Crippen LogP) is 4.38. The quantitative estimate of drug-likeness (QED) is 0.766. The second kappa shape index (κ2) is 5.15. The smallest absolute Gasteiger partial charge is 0.163 e. The minimum absolute atomic E-state index is 0.00252. The molecule has 0 N–H and O–H groups in total. The van der Waals surface area contributed by atoms with Gasteiger partial charge in [0.15, 0.2) is 5.78 Å². The molecule has 1 unspecified atom stereocenters. The van der Waals surface area contributed by atoms with Crippen LogP contribution in [0.4, 0.5) is 0 Å². The lowest BCUT2D eigenvalue weighted by Crippen LogP contribution is -2.37. The van der Waals surface area contributed by atoms with E-state index in [1.807, 2.05) is 26.0 Å². The van der Waals surface area contributed by atoms with Crippen molar-refractivity contribution in [2.45, 2.75) is 58.3 Å². The molecule has 1 atom stereocenters. The molecular weight excluding hydrogens is 320 g/mol. The molecule has 0 aromatic heterocycles. The average molecular weight is 341 g/mol. The second-order valence-electron chi connectivity index (χ2n) is 6.47. The van der Waals surface area contributed by atoms with Gasteiger partial charge in [0.05, 0.1) is 11.2 Å². The third-order valence-electron chi connectivity index (χ3n) is 3.58. The van der Waals surface area contributed by atoms with Crippen molar-refractivity contribution in [2.75, 3.05) is 0 Å². The maximum atomic E-state index is 11.7. The van der Waals surface area contributed by atoms with E-state index in [-0.39, 0.29) is 23.1 Å². The third kappa shape index (κ3) is 3.23. The van der Waals surface area contributed by atoms with Gasteiger partial charge in [0.2, 0.25) is 0 Å². The minimum Gasteiger partial charge on any atom is -0.487 e. The number of hydrogen-bond donors (Lipinski definition) is 0. The summed E-state index contributed by atoms with van der Waals surface area (Å²) in [6.07, 6.45) is 0.727. The highest BCUT2D eigenvalue weighted by atomic mass is 79.9. The largest absolute Gasteiger partial charge is 0.487 e. The van der Waals surface area contributed by atoms with Gasteiger partial charge >= 0.3 is 0 Å². The molecule has 1 aliphatic heterocycles. The molecule has 0 saturated carbocycles. The Balaban J connectivity index is 2.29. The summed E-state index contributed by atoms with van der Waals surface area (Å²) in [6.45, 7) is 9.73. The highest BCUT2D eigenvalue weighted by Crippen LogP contribution is 2.40. The van der Waals surface area contributed by atoms with Gasteiger partial charge < -0.3 is 9.47 Å². The number of carbonyl (C=O) groups excluding carboxylic acids is 1. The average Bonchev–Trinajstić information content (AvgIpc) is 2.48. The van der Waals surface area contributed by atoms with Gasteiger partial charge in [0.25, 0.3) is 0 Å². The lowest BCUT2D eigenvalue weighted by atomic mass is 9.97. The molecule has 3 nitrogen and oxygen atoms in total. The lowest BCUT2D eigenvalue weighted by Gasteiger charge is -2.28. The van der Waals surface area contributed by atoms with Gasteiger partial charge in [-0.25, -0.2) is 0 Å². The molecule has 0 spiro atoms. The van der Waals surface area contributed by atoms with Crippen LogP contribution < -0.4 is 4.74 Å². The molecule has 4 heteroatoms. The molecule has 0 aliphatic carbocycles. The van der Waals surface area contributed by atoms with E-state index < -0.39 is 0 Å². The molecule has 1 aromatic rings. The highest BCUT2D eigenvalue weighted by Gasteiger charge is 2.47. The zero-order valence-corrected chi connectivity index (χ0v) is 14.2. The minimum atomic E-state index is -0.370. The number of halogens is 1. The van der Waals surface area contributed by atoms with Gasteiger partial charge in [-0.15, -0.1) is 0 Å². The van der Waals surface area contributed by atoms with E-state index in [4.69, 9.17) is 9.47 Å². The van der Waals surface area contributed by atoms with Gasteiger partial charge in [-0.05, 0) is 52.8 Å². The number of ketones is 1. The van der Waals surface area contributed by atoms with E-state index in [1.165, 1.54) is 0 Å². The van der Waals surface area contributed by atoms with Crippen LogP contribution in [0, 0.1) is 0 Å². The number of hydrogen-bond acceptors (Lipinski definition) is 3. The highest BCUT2D eigenvalue weighted by molar-refractivity contribution is 9.10. The maximum absolute atomic E-state index is 11.7. The molecule has 0 bridgehead atoms. The Morgan fingerprint density at radius 2 is 2.00 bits per heavy atom. The van der Waals surface area contributed by atoms with E-state index in [9.17, 15) is 4.79 Å². The van der Waals surface area contributed by atoms with E-state index in [2.05, 4.69) is 29.8 Å².